The number of benzene rings is 1. The van der Waals surface area contributed by atoms with E-state index in [1.807, 2.05) is 0 Å². The lowest BCUT2D eigenvalue weighted by molar-refractivity contribution is -0.133. The van der Waals surface area contributed by atoms with Crippen LogP contribution in [0.4, 0.5) is 0 Å². The van der Waals surface area contributed by atoms with Gasteiger partial charge >= 0.3 is 5.97 Å². The number of nitrogens with zero attached hydrogens (tertiary/aromatic N) is 3. The zero-order chi connectivity index (χ0) is 18.6. The van der Waals surface area contributed by atoms with Crippen LogP contribution in [0.5, 0.6) is 0 Å². The maximum atomic E-state index is 12.9. The predicted octanol–water partition coefficient (Wildman–Crippen LogP) is 2.48. The first-order valence-electron chi connectivity index (χ1n) is 8.25. The van der Waals surface area contributed by atoms with E-state index in [9.17, 15) is 13.2 Å². The number of hydrogen-bond acceptors (Lipinski definition) is 7. The largest absolute Gasteiger partial charge is 0.481 e. The maximum Gasteiger partial charge on any atom is 0.314 e. The van der Waals surface area contributed by atoms with Crippen molar-refractivity contribution >= 4 is 27.8 Å². The molecule has 10 heteroatoms. The molecule has 1 aromatic heterocycles. The highest BCUT2D eigenvalue weighted by Crippen LogP contribution is 2.27. The Kier molecular flexibility index (Phi) is 5.94. The second kappa shape index (κ2) is 8.19. The number of aliphatic carboxylic acids is 1. The van der Waals surface area contributed by atoms with E-state index in [1.54, 1.807) is 18.2 Å². The normalized spacial score (nSPS) is 16.3. The summed E-state index contributed by atoms with van der Waals surface area (Å²) in [6, 6.07) is 6.38. The molecule has 1 aliphatic rings. The van der Waals surface area contributed by atoms with Gasteiger partial charge in [-0.2, -0.15) is 4.31 Å². The van der Waals surface area contributed by atoms with Gasteiger partial charge in [-0.05, 0) is 31.0 Å². The first-order chi connectivity index (χ1) is 12.5. The molecular weight excluding hydrogens is 378 g/mol. The molecule has 8 nitrogen and oxygen atoms in total. The molecule has 1 N–H and O–H groups in total. The molecule has 1 fully saturated rings. The lowest BCUT2D eigenvalue weighted by Crippen LogP contribution is -2.31. The van der Waals surface area contributed by atoms with Crippen molar-refractivity contribution in [3.63, 3.8) is 0 Å². The number of carboxylic acids is 1. The summed E-state index contributed by atoms with van der Waals surface area (Å²) in [5.74, 6) is -1.02. The molecule has 2 heterocycles. The monoisotopic (exact) mass is 397 g/mol. The molecule has 1 aromatic carbocycles. The Morgan fingerprint density at radius 2 is 1.92 bits per heavy atom. The van der Waals surface area contributed by atoms with Crippen molar-refractivity contribution in [2.75, 3.05) is 18.8 Å². The van der Waals surface area contributed by atoms with E-state index in [0.29, 0.717) is 18.7 Å². The van der Waals surface area contributed by atoms with Gasteiger partial charge in [-0.1, -0.05) is 30.7 Å². The third-order valence-electron chi connectivity index (χ3n) is 4.01. The van der Waals surface area contributed by atoms with Crippen LogP contribution >= 0.6 is 11.8 Å². The van der Waals surface area contributed by atoms with Gasteiger partial charge in [0.2, 0.25) is 15.9 Å². The van der Waals surface area contributed by atoms with Gasteiger partial charge in [0.1, 0.15) is 5.75 Å². The van der Waals surface area contributed by atoms with E-state index >= 15 is 0 Å². The Hall–Kier alpha value is -1.91. The Balaban J connectivity index is 1.82. The molecule has 140 valence electrons. The molecule has 0 aliphatic carbocycles. The van der Waals surface area contributed by atoms with Crippen LogP contribution < -0.4 is 0 Å². The minimum absolute atomic E-state index is 0.128. The number of carboxylic acid groups (broad SMARTS) is 1. The lowest BCUT2D eigenvalue weighted by Gasteiger charge is -2.20. The number of carbonyl (C=O) groups is 1. The smallest absolute Gasteiger partial charge is 0.314 e. The summed E-state index contributed by atoms with van der Waals surface area (Å²) in [5.41, 5.74) is 0.482. The Morgan fingerprint density at radius 1 is 1.19 bits per heavy atom. The van der Waals surface area contributed by atoms with Crippen LogP contribution in [0.25, 0.3) is 11.5 Å². The first-order valence-corrected chi connectivity index (χ1v) is 10.7. The predicted molar refractivity (Wildman–Crippen MR) is 95.3 cm³/mol. The van der Waals surface area contributed by atoms with Crippen LogP contribution in [-0.4, -0.2) is 52.8 Å². The summed E-state index contributed by atoms with van der Waals surface area (Å²) in [6.45, 7) is 1.06. The van der Waals surface area contributed by atoms with Gasteiger partial charge in [-0.3, -0.25) is 4.79 Å². The van der Waals surface area contributed by atoms with Gasteiger partial charge in [0.05, 0.1) is 4.90 Å². The van der Waals surface area contributed by atoms with Crippen molar-refractivity contribution in [3.05, 3.63) is 24.3 Å². The minimum atomic E-state index is -3.57. The summed E-state index contributed by atoms with van der Waals surface area (Å²) in [4.78, 5) is 10.8. The molecule has 0 amide bonds. The first kappa shape index (κ1) is 18.9. The van der Waals surface area contributed by atoms with Gasteiger partial charge in [0.25, 0.3) is 5.22 Å². The standard InChI is InChI=1S/C16H19N3O5S2/c20-14(21)11-25-16-18-17-15(24-16)12-6-5-7-13(10-12)26(22,23)19-8-3-1-2-4-9-19/h5-7,10H,1-4,8-9,11H2,(H,20,21). The molecule has 3 rings (SSSR count). The number of hydrogen-bond donors (Lipinski definition) is 1. The van der Waals surface area contributed by atoms with Crippen LogP contribution in [0.1, 0.15) is 25.7 Å². The van der Waals surface area contributed by atoms with Crippen molar-refractivity contribution < 1.29 is 22.7 Å². The van der Waals surface area contributed by atoms with E-state index in [1.165, 1.54) is 10.4 Å². The molecule has 0 saturated carbocycles. The van der Waals surface area contributed by atoms with Crippen molar-refractivity contribution in [1.29, 1.82) is 0 Å². The number of rotatable bonds is 6. The third-order valence-corrected chi connectivity index (χ3v) is 6.71. The molecule has 0 unspecified atom stereocenters. The molecule has 2 aromatic rings. The molecule has 1 aliphatic heterocycles. The average molecular weight is 397 g/mol. The highest BCUT2D eigenvalue weighted by atomic mass is 32.2. The number of aromatic nitrogens is 2. The quantitative estimate of drug-likeness (QED) is 0.740. The average Bonchev–Trinajstić information content (AvgIpc) is 2.92. The van der Waals surface area contributed by atoms with Crippen LogP contribution in [0.2, 0.25) is 0 Å². The van der Waals surface area contributed by atoms with Crippen LogP contribution in [0.3, 0.4) is 0 Å². The van der Waals surface area contributed by atoms with E-state index in [0.717, 1.165) is 37.4 Å². The van der Waals surface area contributed by atoms with Gasteiger partial charge in [0, 0.05) is 18.7 Å². The highest BCUT2D eigenvalue weighted by Gasteiger charge is 2.25. The molecule has 1 saturated heterocycles. The summed E-state index contributed by atoms with van der Waals surface area (Å²) in [7, 11) is -3.57. The van der Waals surface area contributed by atoms with Crippen molar-refractivity contribution in [1.82, 2.24) is 14.5 Å². The topological polar surface area (TPSA) is 114 Å². The van der Waals surface area contributed by atoms with Crippen LogP contribution in [-0.2, 0) is 14.8 Å². The Bertz CT molecular complexity index is 874. The van der Waals surface area contributed by atoms with E-state index in [2.05, 4.69) is 10.2 Å². The van der Waals surface area contributed by atoms with Crippen molar-refractivity contribution in [3.8, 4) is 11.5 Å². The number of thioether (sulfide) groups is 1. The summed E-state index contributed by atoms with van der Waals surface area (Å²) < 4.78 is 32.7. The Labute approximate surface area is 155 Å². The fourth-order valence-electron chi connectivity index (χ4n) is 2.73. The molecule has 0 atom stereocenters. The van der Waals surface area contributed by atoms with Crippen LogP contribution in [0.15, 0.2) is 38.8 Å². The third kappa shape index (κ3) is 4.43. The molecule has 26 heavy (non-hydrogen) atoms. The van der Waals surface area contributed by atoms with Gasteiger partial charge in [-0.15, -0.1) is 10.2 Å². The van der Waals surface area contributed by atoms with Crippen molar-refractivity contribution in [2.24, 2.45) is 0 Å². The van der Waals surface area contributed by atoms with Gasteiger partial charge in [-0.25, -0.2) is 8.42 Å². The maximum absolute atomic E-state index is 12.9. The number of sulfonamides is 1. The second-order valence-electron chi connectivity index (χ2n) is 5.90. The lowest BCUT2D eigenvalue weighted by atomic mass is 10.2. The zero-order valence-electron chi connectivity index (χ0n) is 14.0. The SMILES string of the molecule is O=C(O)CSc1nnc(-c2cccc(S(=O)(=O)N3CCCCCC3)c2)o1. The van der Waals surface area contributed by atoms with Gasteiger partial charge < -0.3 is 9.52 Å². The van der Waals surface area contributed by atoms with Crippen molar-refractivity contribution in [2.45, 2.75) is 35.8 Å². The van der Waals surface area contributed by atoms with Gasteiger partial charge in [0.15, 0.2) is 0 Å². The summed E-state index contributed by atoms with van der Waals surface area (Å²) in [6.07, 6.45) is 3.83. The highest BCUT2D eigenvalue weighted by molar-refractivity contribution is 7.99. The second-order valence-corrected chi connectivity index (χ2v) is 8.77. The van der Waals surface area contributed by atoms with E-state index in [4.69, 9.17) is 9.52 Å². The molecule has 0 radical (unpaired) electrons. The molecular formula is C16H19N3O5S2. The zero-order valence-corrected chi connectivity index (χ0v) is 15.6. The minimum Gasteiger partial charge on any atom is -0.481 e. The summed E-state index contributed by atoms with van der Waals surface area (Å²) in [5, 5.41) is 16.5. The fourth-order valence-corrected chi connectivity index (χ4v) is 4.78. The van der Waals surface area contributed by atoms with E-state index in [-0.39, 0.29) is 21.8 Å². The van der Waals surface area contributed by atoms with Crippen LogP contribution in [0, 0.1) is 0 Å². The Morgan fingerprint density at radius 3 is 2.62 bits per heavy atom. The fraction of sp³-hybridized carbons (Fsp3) is 0.438. The molecule has 0 spiro atoms. The molecule has 0 bridgehead atoms. The summed E-state index contributed by atoms with van der Waals surface area (Å²) >= 11 is 0.913. The van der Waals surface area contributed by atoms with E-state index < -0.39 is 16.0 Å².